The molecule has 0 heterocycles. The summed E-state index contributed by atoms with van der Waals surface area (Å²) in [5.74, 6) is 5.83. The lowest BCUT2D eigenvalue weighted by molar-refractivity contribution is -0.149. The maximum Gasteiger partial charge on any atom is 0.257 e. The lowest BCUT2D eigenvalue weighted by atomic mass is 9.73. The molecule has 4 heteroatoms. The minimum Gasteiger partial charge on any atom is -0.375 e. The average Bonchev–Trinajstić information content (AvgIpc) is 2.84. The number of benzene rings is 2. The van der Waals surface area contributed by atoms with Crippen LogP contribution in [0, 0.1) is 17.8 Å². The molecule has 1 fully saturated rings. The van der Waals surface area contributed by atoms with Crippen LogP contribution in [0.3, 0.4) is 0 Å². The van der Waals surface area contributed by atoms with Crippen LogP contribution in [0.2, 0.25) is 0 Å². The van der Waals surface area contributed by atoms with Crippen LogP contribution in [0.25, 0.3) is 0 Å². The van der Waals surface area contributed by atoms with Crippen molar-refractivity contribution in [2.24, 2.45) is 5.92 Å². The Labute approximate surface area is 186 Å². The molecule has 0 spiro atoms. The van der Waals surface area contributed by atoms with Crippen molar-refractivity contribution in [1.29, 1.82) is 0 Å². The van der Waals surface area contributed by atoms with Crippen LogP contribution in [0.5, 0.6) is 0 Å². The minimum absolute atomic E-state index is 0.0573. The van der Waals surface area contributed by atoms with Gasteiger partial charge in [-0.1, -0.05) is 98.7 Å². The molecule has 0 aliphatic heterocycles. The maximum absolute atomic E-state index is 13.1. The van der Waals surface area contributed by atoms with Gasteiger partial charge in [-0.15, -0.1) is 0 Å². The molecule has 0 saturated heterocycles. The van der Waals surface area contributed by atoms with Gasteiger partial charge in [0.05, 0.1) is 13.1 Å². The standard InChI is InChI=1S/C27H34N2O2/c1-2-29(22-23-14-6-3-7-15-23)21-13-12-20-28-26(30)27(31,24-16-8-4-9-17-24)25-18-10-5-11-19-25/h3-4,6-9,14-17,25,31H,2,5,10-11,18-22H2,1H3,(H,28,30). The maximum atomic E-state index is 13.1. The lowest BCUT2D eigenvalue weighted by Crippen LogP contribution is -2.50. The molecule has 1 aliphatic carbocycles. The van der Waals surface area contributed by atoms with Gasteiger partial charge in [0.2, 0.25) is 0 Å². The molecule has 31 heavy (non-hydrogen) atoms. The van der Waals surface area contributed by atoms with E-state index in [1.807, 2.05) is 48.5 Å². The molecular weight excluding hydrogens is 384 g/mol. The van der Waals surface area contributed by atoms with Crippen LogP contribution in [-0.4, -0.2) is 35.5 Å². The number of hydrogen-bond acceptors (Lipinski definition) is 3. The molecule has 164 valence electrons. The quantitative estimate of drug-likeness (QED) is 0.635. The minimum atomic E-state index is -1.49. The van der Waals surface area contributed by atoms with Gasteiger partial charge in [0, 0.05) is 12.5 Å². The van der Waals surface area contributed by atoms with Crippen molar-refractivity contribution < 1.29 is 9.90 Å². The molecule has 1 amide bonds. The Balaban J connectivity index is 1.59. The Hall–Kier alpha value is -2.61. The van der Waals surface area contributed by atoms with E-state index >= 15 is 0 Å². The summed E-state index contributed by atoms with van der Waals surface area (Å²) >= 11 is 0. The van der Waals surface area contributed by atoms with E-state index in [4.69, 9.17) is 0 Å². The van der Waals surface area contributed by atoms with Gasteiger partial charge < -0.3 is 10.4 Å². The van der Waals surface area contributed by atoms with Gasteiger partial charge >= 0.3 is 0 Å². The SMILES string of the molecule is CCN(CC#CCNC(=O)C(O)(c1ccccc1)C1CCCCC1)Cc1ccccc1. The summed E-state index contributed by atoms with van der Waals surface area (Å²) < 4.78 is 0. The fraction of sp³-hybridized carbons (Fsp3) is 0.444. The third kappa shape index (κ3) is 6.19. The van der Waals surface area contributed by atoms with E-state index < -0.39 is 5.60 Å². The van der Waals surface area contributed by atoms with Gasteiger partial charge in [0.15, 0.2) is 5.60 Å². The topological polar surface area (TPSA) is 52.6 Å². The predicted molar refractivity (Wildman–Crippen MR) is 125 cm³/mol. The van der Waals surface area contributed by atoms with Crippen molar-refractivity contribution in [3.8, 4) is 11.8 Å². The first-order chi connectivity index (χ1) is 15.1. The zero-order chi connectivity index (χ0) is 21.9. The highest BCUT2D eigenvalue weighted by Crippen LogP contribution is 2.39. The van der Waals surface area contributed by atoms with Gasteiger partial charge in [0.1, 0.15) is 0 Å². The van der Waals surface area contributed by atoms with Crippen molar-refractivity contribution in [2.75, 3.05) is 19.6 Å². The van der Waals surface area contributed by atoms with Gasteiger partial charge in [-0.25, -0.2) is 0 Å². The zero-order valence-corrected chi connectivity index (χ0v) is 18.5. The van der Waals surface area contributed by atoms with E-state index in [1.54, 1.807) is 0 Å². The Morgan fingerprint density at radius 2 is 1.68 bits per heavy atom. The molecule has 1 unspecified atom stereocenters. The largest absolute Gasteiger partial charge is 0.375 e. The summed E-state index contributed by atoms with van der Waals surface area (Å²) in [6.45, 7) is 4.77. The molecule has 1 atom stereocenters. The van der Waals surface area contributed by atoms with Crippen molar-refractivity contribution in [1.82, 2.24) is 10.2 Å². The first-order valence-electron chi connectivity index (χ1n) is 11.4. The van der Waals surface area contributed by atoms with Crippen LogP contribution in [0.1, 0.15) is 50.2 Å². The summed E-state index contributed by atoms with van der Waals surface area (Å²) in [5, 5.41) is 14.4. The molecule has 2 aromatic rings. The first-order valence-corrected chi connectivity index (χ1v) is 11.4. The third-order valence-electron chi connectivity index (χ3n) is 6.22. The molecule has 1 saturated carbocycles. The molecule has 0 bridgehead atoms. The smallest absolute Gasteiger partial charge is 0.257 e. The lowest BCUT2D eigenvalue weighted by Gasteiger charge is -2.37. The average molecular weight is 419 g/mol. The van der Waals surface area contributed by atoms with Gasteiger partial charge in [-0.2, -0.15) is 0 Å². The molecule has 0 radical (unpaired) electrons. The number of carbonyl (C=O) groups excluding carboxylic acids is 1. The highest BCUT2D eigenvalue weighted by Gasteiger charge is 2.45. The Morgan fingerprint density at radius 3 is 2.32 bits per heavy atom. The second-order valence-electron chi connectivity index (χ2n) is 8.29. The van der Waals surface area contributed by atoms with E-state index in [0.29, 0.717) is 12.1 Å². The highest BCUT2D eigenvalue weighted by atomic mass is 16.3. The number of nitrogens with zero attached hydrogens (tertiary/aromatic N) is 1. The Kier molecular flexibility index (Phi) is 8.70. The highest BCUT2D eigenvalue weighted by molar-refractivity contribution is 5.87. The summed E-state index contributed by atoms with van der Waals surface area (Å²) in [6.07, 6.45) is 5.03. The van der Waals surface area contributed by atoms with Crippen molar-refractivity contribution in [3.63, 3.8) is 0 Å². The number of amides is 1. The van der Waals surface area contributed by atoms with E-state index in [0.717, 1.165) is 38.8 Å². The second-order valence-corrected chi connectivity index (χ2v) is 8.29. The Morgan fingerprint density at radius 1 is 1.03 bits per heavy atom. The number of hydrogen-bond donors (Lipinski definition) is 2. The number of aliphatic hydroxyl groups is 1. The fourth-order valence-electron chi connectivity index (χ4n) is 4.38. The van der Waals surface area contributed by atoms with Crippen LogP contribution in [-0.2, 0) is 16.9 Å². The number of carbonyl (C=O) groups is 1. The molecule has 0 aromatic heterocycles. The third-order valence-corrected chi connectivity index (χ3v) is 6.22. The van der Waals surface area contributed by atoms with Gasteiger partial charge in [0.25, 0.3) is 5.91 Å². The Bertz CT molecular complexity index is 866. The van der Waals surface area contributed by atoms with Crippen molar-refractivity contribution in [3.05, 3.63) is 71.8 Å². The molecular formula is C27H34N2O2. The van der Waals surface area contributed by atoms with Crippen molar-refractivity contribution >= 4 is 5.91 Å². The molecule has 4 nitrogen and oxygen atoms in total. The van der Waals surface area contributed by atoms with E-state index in [-0.39, 0.29) is 18.4 Å². The van der Waals surface area contributed by atoms with E-state index in [2.05, 4.69) is 41.1 Å². The molecule has 2 N–H and O–H groups in total. The van der Waals surface area contributed by atoms with Crippen molar-refractivity contribution in [2.45, 2.75) is 51.2 Å². The molecule has 1 aliphatic rings. The number of rotatable bonds is 8. The van der Waals surface area contributed by atoms with Crippen LogP contribution >= 0.6 is 0 Å². The normalized spacial score (nSPS) is 16.2. The molecule has 3 rings (SSSR count). The van der Waals surface area contributed by atoms with E-state index in [9.17, 15) is 9.90 Å². The first kappa shape index (κ1) is 23.1. The van der Waals surface area contributed by atoms with Crippen LogP contribution in [0.4, 0.5) is 0 Å². The second kappa shape index (κ2) is 11.7. The monoisotopic (exact) mass is 418 g/mol. The van der Waals surface area contributed by atoms with E-state index in [1.165, 1.54) is 12.0 Å². The summed E-state index contributed by atoms with van der Waals surface area (Å²) in [4.78, 5) is 15.4. The summed E-state index contributed by atoms with van der Waals surface area (Å²) in [6, 6.07) is 19.7. The van der Waals surface area contributed by atoms with Gasteiger partial charge in [-0.3, -0.25) is 9.69 Å². The summed E-state index contributed by atoms with van der Waals surface area (Å²) in [7, 11) is 0. The van der Waals surface area contributed by atoms with Gasteiger partial charge in [-0.05, 0) is 30.5 Å². The fourth-order valence-corrected chi connectivity index (χ4v) is 4.38. The zero-order valence-electron chi connectivity index (χ0n) is 18.5. The summed E-state index contributed by atoms with van der Waals surface area (Å²) in [5.41, 5.74) is 0.443. The number of nitrogens with one attached hydrogen (secondary N) is 1. The van der Waals surface area contributed by atoms with Crippen LogP contribution in [0.15, 0.2) is 60.7 Å². The van der Waals surface area contributed by atoms with Crippen LogP contribution < -0.4 is 5.32 Å². The predicted octanol–water partition coefficient (Wildman–Crippen LogP) is 4.10. The molecule has 2 aromatic carbocycles.